The van der Waals surface area contributed by atoms with Gasteiger partial charge in [0.25, 0.3) is 5.91 Å². The number of aryl methyl sites for hydroxylation is 1. The van der Waals surface area contributed by atoms with Crippen LogP contribution in [0.25, 0.3) is 11.3 Å². The molecule has 176 valence electrons. The molecule has 8 heteroatoms. The van der Waals surface area contributed by atoms with Gasteiger partial charge in [-0.3, -0.25) is 9.48 Å². The first-order valence-electron chi connectivity index (χ1n) is 11.5. The Morgan fingerprint density at radius 3 is 2.63 bits per heavy atom. The van der Waals surface area contributed by atoms with E-state index >= 15 is 0 Å². The zero-order chi connectivity index (χ0) is 24.0. The van der Waals surface area contributed by atoms with Crippen LogP contribution in [-0.2, 0) is 12.6 Å². The highest BCUT2D eigenvalue weighted by molar-refractivity contribution is 5.96. The van der Waals surface area contributed by atoms with E-state index in [1.807, 2.05) is 42.2 Å². The number of halogens is 1. The molecule has 0 N–H and O–H groups in total. The number of hydrogen-bond donors (Lipinski definition) is 0. The lowest BCUT2D eigenvalue weighted by molar-refractivity contribution is -0.00179. The molecule has 0 radical (unpaired) electrons. The number of fused-ring (bicyclic) bond motifs is 4. The van der Waals surface area contributed by atoms with Gasteiger partial charge in [-0.1, -0.05) is 12.1 Å². The van der Waals surface area contributed by atoms with E-state index in [1.165, 1.54) is 24.3 Å². The number of piperidine rings is 1. The number of para-hydroxylation sites is 1. The summed E-state index contributed by atoms with van der Waals surface area (Å²) in [6.07, 6.45) is 4.73. The quantitative estimate of drug-likeness (QED) is 0.424. The van der Waals surface area contributed by atoms with E-state index < -0.39 is 5.60 Å². The number of hydrogen-bond acceptors (Lipinski definition) is 5. The van der Waals surface area contributed by atoms with Crippen LogP contribution in [0.5, 0.6) is 17.4 Å². The topological polar surface area (TPSA) is 69.5 Å². The Morgan fingerprint density at radius 1 is 1.06 bits per heavy atom. The van der Waals surface area contributed by atoms with Gasteiger partial charge in [0.15, 0.2) is 0 Å². The molecule has 0 atom stereocenters. The van der Waals surface area contributed by atoms with Gasteiger partial charge in [-0.05, 0) is 48.5 Å². The fourth-order valence-electron chi connectivity index (χ4n) is 4.97. The zero-order valence-electron chi connectivity index (χ0n) is 19.1. The number of nitrogens with zero attached hydrogens (tertiary/aromatic N) is 4. The lowest BCUT2D eigenvalue weighted by Gasteiger charge is -2.44. The highest BCUT2D eigenvalue weighted by Gasteiger charge is 2.46. The first-order chi connectivity index (χ1) is 17.0. The van der Waals surface area contributed by atoms with E-state index in [1.54, 1.807) is 23.2 Å². The highest BCUT2D eigenvalue weighted by atomic mass is 19.1. The van der Waals surface area contributed by atoms with Crippen LogP contribution in [0.1, 0.15) is 28.8 Å². The largest absolute Gasteiger partial charge is 0.482 e. The molecule has 6 rings (SSSR count). The number of aromatic nitrogens is 3. The van der Waals surface area contributed by atoms with Crippen LogP contribution in [0, 0.1) is 5.82 Å². The Balaban J connectivity index is 1.24. The maximum absolute atomic E-state index is 13.5. The lowest BCUT2D eigenvalue weighted by atomic mass is 9.81. The van der Waals surface area contributed by atoms with Gasteiger partial charge in [0.2, 0.25) is 5.88 Å². The molecule has 0 saturated carbocycles. The van der Waals surface area contributed by atoms with Gasteiger partial charge < -0.3 is 14.4 Å². The summed E-state index contributed by atoms with van der Waals surface area (Å²) >= 11 is 0. The minimum absolute atomic E-state index is 0.160. The number of likely N-dealkylation sites (tertiary alicyclic amines) is 1. The summed E-state index contributed by atoms with van der Waals surface area (Å²) in [5, 5.41) is 4.51. The van der Waals surface area contributed by atoms with Gasteiger partial charge in [-0.25, -0.2) is 9.37 Å². The van der Waals surface area contributed by atoms with Crippen molar-refractivity contribution in [3.8, 4) is 28.6 Å². The van der Waals surface area contributed by atoms with Gasteiger partial charge in [-0.15, -0.1) is 0 Å². The monoisotopic (exact) mass is 470 g/mol. The van der Waals surface area contributed by atoms with Crippen molar-refractivity contribution in [2.45, 2.75) is 18.4 Å². The van der Waals surface area contributed by atoms with Gasteiger partial charge in [0, 0.05) is 50.3 Å². The van der Waals surface area contributed by atoms with Crippen molar-refractivity contribution >= 4 is 5.91 Å². The van der Waals surface area contributed by atoms with E-state index in [9.17, 15) is 9.18 Å². The molecule has 0 bridgehead atoms. The second kappa shape index (κ2) is 8.23. The zero-order valence-corrected chi connectivity index (χ0v) is 19.1. The minimum Gasteiger partial charge on any atom is -0.482 e. The predicted octanol–water partition coefficient (Wildman–Crippen LogP) is 4.94. The standard InChI is InChI=1S/C27H23FN4O3/c1-31-24-20-5-2-3-7-23(20)35-27(22(24)17-30-31)12-15-32(16-13-27)26(33)21-6-4-14-29-25(21)34-19-10-8-18(28)9-11-19/h2-11,14,17H,12-13,15-16H2,1H3. The van der Waals surface area contributed by atoms with Crippen molar-refractivity contribution in [2.75, 3.05) is 13.1 Å². The van der Waals surface area contributed by atoms with Crippen LogP contribution in [0.2, 0.25) is 0 Å². The fraction of sp³-hybridized carbons (Fsp3) is 0.222. The summed E-state index contributed by atoms with van der Waals surface area (Å²) in [5.74, 6) is 0.927. The normalized spacial score (nSPS) is 15.8. The third-order valence-corrected chi connectivity index (χ3v) is 6.77. The molecule has 0 unspecified atom stereocenters. The number of benzene rings is 2. The van der Waals surface area contributed by atoms with Crippen LogP contribution in [-0.4, -0.2) is 38.7 Å². The maximum Gasteiger partial charge on any atom is 0.259 e. The number of ether oxygens (including phenoxy) is 2. The molecular weight excluding hydrogens is 447 g/mol. The van der Waals surface area contributed by atoms with Crippen LogP contribution in [0.15, 0.2) is 73.1 Å². The van der Waals surface area contributed by atoms with Crippen molar-refractivity contribution < 1.29 is 18.7 Å². The molecule has 1 spiro atoms. The van der Waals surface area contributed by atoms with Crippen LogP contribution >= 0.6 is 0 Å². The summed E-state index contributed by atoms with van der Waals surface area (Å²) in [6, 6.07) is 17.0. The van der Waals surface area contributed by atoms with Crippen molar-refractivity contribution in [3.05, 3.63) is 90.0 Å². The van der Waals surface area contributed by atoms with Crippen LogP contribution < -0.4 is 9.47 Å². The molecule has 0 aliphatic carbocycles. The molecule has 7 nitrogen and oxygen atoms in total. The number of amides is 1. The Bertz CT molecular complexity index is 1410. The number of carbonyl (C=O) groups excluding carboxylic acids is 1. The second-order valence-electron chi connectivity index (χ2n) is 8.83. The minimum atomic E-state index is -0.531. The molecule has 1 amide bonds. The third-order valence-electron chi connectivity index (χ3n) is 6.77. The first-order valence-corrected chi connectivity index (χ1v) is 11.5. The highest BCUT2D eigenvalue weighted by Crippen LogP contribution is 2.49. The molecule has 35 heavy (non-hydrogen) atoms. The average molecular weight is 471 g/mol. The molecule has 4 aromatic rings. The van der Waals surface area contributed by atoms with Gasteiger partial charge >= 0.3 is 0 Å². The lowest BCUT2D eigenvalue weighted by Crippen LogP contribution is -2.49. The Labute approximate surface area is 201 Å². The van der Waals surface area contributed by atoms with E-state index in [2.05, 4.69) is 10.1 Å². The molecule has 1 fully saturated rings. The van der Waals surface area contributed by atoms with E-state index in [-0.39, 0.29) is 17.6 Å². The molecule has 2 aromatic carbocycles. The predicted molar refractivity (Wildman–Crippen MR) is 127 cm³/mol. The van der Waals surface area contributed by atoms with Gasteiger partial charge in [0.1, 0.15) is 28.5 Å². The van der Waals surface area contributed by atoms with Crippen molar-refractivity contribution in [2.24, 2.45) is 7.05 Å². The second-order valence-corrected chi connectivity index (χ2v) is 8.83. The summed E-state index contributed by atoms with van der Waals surface area (Å²) < 4.78 is 27.5. The Morgan fingerprint density at radius 2 is 1.83 bits per heavy atom. The molecule has 4 heterocycles. The summed E-state index contributed by atoms with van der Waals surface area (Å²) in [7, 11) is 1.94. The van der Waals surface area contributed by atoms with Crippen molar-refractivity contribution in [1.29, 1.82) is 0 Å². The van der Waals surface area contributed by atoms with Crippen LogP contribution in [0.4, 0.5) is 4.39 Å². The number of carbonyl (C=O) groups is 1. The average Bonchev–Trinajstić information content (AvgIpc) is 3.29. The molecule has 1 saturated heterocycles. The Kier molecular flexibility index (Phi) is 5.02. The number of pyridine rings is 1. The van der Waals surface area contributed by atoms with Crippen molar-refractivity contribution in [1.82, 2.24) is 19.7 Å². The molecule has 2 aliphatic rings. The molecular formula is C27H23FN4O3. The third kappa shape index (κ3) is 3.62. The maximum atomic E-state index is 13.5. The molecule has 2 aliphatic heterocycles. The van der Waals surface area contributed by atoms with Crippen LogP contribution in [0.3, 0.4) is 0 Å². The smallest absolute Gasteiger partial charge is 0.259 e. The van der Waals surface area contributed by atoms with E-state index in [0.717, 1.165) is 22.6 Å². The van der Waals surface area contributed by atoms with E-state index in [0.29, 0.717) is 37.2 Å². The van der Waals surface area contributed by atoms with E-state index in [4.69, 9.17) is 9.47 Å². The SMILES string of the molecule is Cn1ncc2c1-c1ccccc1OC21CCN(C(=O)c2cccnc2Oc2ccc(F)cc2)CC1. The van der Waals surface area contributed by atoms with Gasteiger partial charge in [0.05, 0.1) is 11.9 Å². The van der Waals surface area contributed by atoms with Crippen molar-refractivity contribution in [3.63, 3.8) is 0 Å². The number of rotatable bonds is 3. The van der Waals surface area contributed by atoms with Gasteiger partial charge in [-0.2, -0.15) is 5.10 Å². The first kappa shape index (κ1) is 21.3. The summed E-state index contributed by atoms with van der Waals surface area (Å²) in [4.78, 5) is 19.5. The summed E-state index contributed by atoms with van der Waals surface area (Å²) in [5.41, 5.74) is 2.99. The molecule has 2 aromatic heterocycles. The fourth-order valence-corrected chi connectivity index (χ4v) is 4.97. The summed E-state index contributed by atoms with van der Waals surface area (Å²) in [6.45, 7) is 1.03. The Hall–Kier alpha value is -4.20.